The molecule has 0 saturated heterocycles. The van der Waals surface area contributed by atoms with Crippen LogP contribution in [-0.2, 0) is 11.8 Å². The van der Waals surface area contributed by atoms with E-state index >= 15 is 0 Å². The van der Waals surface area contributed by atoms with Crippen LogP contribution in [0.3, 0.4) is 0 Å². The first-order valence-corrected chi connectivity index (χ1v) is 7.21. The predicted molar refractivity (Wildman–Crippen MR) is 86.0 cm³/mol. The number of para-hydroxylation sites is 1. The molecule has 22 heavy (non-hydrogen) atoms. The minimum Gasteiger partial charge on any atom is -0.492 e. The summed E-state index contributed by atoms with van der Waals surface area (Å²) in [4.78, 5) is 13.9. The summed E-state index contributed by atoms with van der Waals surface area (Å²) in [5.41, 5.74) is 0.877. The van der Waals surface area contributed by atoms with Crippen molar-refractivity contribution in [1.82, 2.24) is 14.7 Å². The van der Waals surface area contributed by atoms with Crippen molar-refractivity contribution in [1.29, 1.82) is 0 Å². The summed E-state index contributed by atoms with van der Waals surface area (Å²) in [6.07, 6.45) is 0. The zero-order valence-corrected chi connectivity index (χ0v) is 13.2. The van der Waals surface area contributed by atoms with Gasteiger partial charge in [-0.25, -0.2) is 0 Å². The van der Waals surface area contributed by atoms with Gasteiger partial charge < -0.3 is 10.1 Å². The lowest BCUT2D eigenvalue weighted by Crippen LogP contribution is -2.33. The Morgan fingerprint density at radius 2 is 2.09 bits per heavy atom. The van der Waals surface area contributed by atoms with Crippen molar-refractivity contribution in [3.05, 3.63) is 42.1 Å². The van der Waals surface area contributed by atoms with E-state index in [1.54, 1.807) is 11.7 Å². The van der Waals surface area contributed by atoms with Gasteiger partial charge in [-0.05, 0) is 26.1 Å². The normalized spacial score (nSPS) is 10.7. The van der Waals surface area contributed by atoms with Crippen LogP contribution in [0.2, 0.25) is 0 Å². The highest BCUT2D eigenvalue weighted by Gasteiger charge is 2.09. The van der Waals surface area contributed by atoms with Crippen LogP contribution in [0.15, 0.2) is 36.4 Å². The highest BCUT2D eigenvalue weighted by Crippen LogP contribution is 2.09. The molecular formula is C16H22N4O2. The molecule has 0 saturated carbocycles. The van der Waals surface area contributed by atoms with Gasteiger partial charge in [0.1, 0.15) is 18.2 Å². The molecule has 2 rings (SSSR count). The van der Waals surface area contributed by atoms with Crippen LogP contribution in [0.1, 0.15) is 5.69 Å². The number of benzene rings is 1. The fourth-order valence-electron chi connectivity index (χ4n) is 2.07. The van der Waals surface area contributed by atoms with Crippen LogP contribution in [0.25, 0.3) is 0 Å². The summed E-state index contributed by atoms with van der Waals surface area (Å²) in [7, 11) is 3.70. The minimum absolute atomic E-state index is 0.0646. The van der Waals surface area contributed by atoms with Gasteiger partial charge in [-0.1, -0.05) is 18.2 Å². The molecule has 0 aliphatic rings. The van der Waals surface area contributed by atoms with Gasteiger partial charge in [0, 0.05) is 19.7 Å². The van der Waals surface area contributed by atoms with Gasteiger partial charge >= 0.3 is 0 Å². The van der Waals surface area contributed by atoms with Crippen molar-refractivity contribution < 1.29 is 9.53 Å². The number of carbonyl (C=O) groups excluding carboxylic acids is 1. The van der Waals surface area contributed by atoms with Crippen LogP contribution in [-0.4, -0.2) is 47.3 Å². The number of rotatable bonds is 7. The van der Waals surface area contributed by atoms with E-state index in [2.05, 4.69) is 10.4 Å². The number of ether oxygens (including phenoxy) is 1. The predicted octanol–water partition coefficient (Wildman–Crippen LogP) is 1.68. The van der Waals surface area contributed by atoms with Gasteiger partial charge in [0.15, 0.2) is 0 Å². The molecule has 1 amide bonds. The number of hydrogen-bond donors (Lipinski definition) is 1. The Kier molecular flexibility index (Phi) is 5.55. The second kappa shape index (κ2) is 7.61. The van der Waals surface area contributed by atoms with Gasteiger partial charge in [-0.15, -0.1) is 0 Å². The number of nitrogens with one attached hydrogen (secondary N) is 1. The van der Waals surface area contributed by atoms with Crippen molar-refractivity contribution in [2.45, 2.75) is 6.92 Å². The Balaban J connectivity index is 1.71. The summed E-state index contributed by atoms with van der Waals surface area (Å²) in [6, 6.07) is 11.5. The third-order valence-electron chi connectivity index (χ3n) is 3.17. The Morgan fingerprint density at radius 3 is 2.73 bits per heavy atom. The average Bonchev–Trinajstić information content (AvgIpc) is 2.77. The molecule has 0 radical (unpaired) electrons. The second-order valence-corrected chi connectivity index (χ2v) is 5.24. The minimum atomic E-state index is -0.0646. The van der Waals surface area contributed by atoms with Gasteiger partial charge in [0.25, 0.3) is 0 Å². The molecule has 1 aromatic carbocycles. The molecule has 1 heterocycles. The first kappa shape index (κ1) is 16.0. The standard InChI is InChI=1S/C16H22N4O2/c1-13-11-15(20(3)18-13)17-16(21)12-19(2)9-10-22-14-7-5-4-6-8-14/h4-8,11H,9-10,12H2,1-3H3,(H,17,21). The SMILES string of the molecule is Cc1cc(NC(=O)CN(C)CCOc2ccccc2)n(C)n1. The van der Waals surface area contributed by atoms with E-state index < -0.39 is 0 Å². The fourth-order valence-corrected chi connectivity index (χ4v) is 2.07. The molecule has 2 aromatic rings. The maximum absolute atomic E-state index is 12.0. The summed E-state index contributed by atoms with van der Waals surface area (Å²) in [6.45, 7) is 3.41. The average molecular weight is 302 g/mol. The summed E-state index contributed by atoms with van der Waals surface area (Å²) in [5, 5.41) is 7.04. The van der Waals surface area contributed by atoms with E-state index in [9.17, 15) is 4.79 Å². The molecule has 118 valence electrons. The van der Waals surface area contributed by atoms with Crippen LogP contribution in [0.4, 0.5) is 5.82 Å². The molecule has 1 aromatic heterocycles. The molecule has 0 atom stereocenters. The number of aryl methyl sites for hydroxylation is 2. The van der Waals surface area contributed by atoms with E-state index in [1.807, 2.05) is 55.3 Å². The number of hydrogen-bond acceptors (Lipinski definition) is 4. The monoisotopic (exact) mass is 302 g/mol. The van der Waals surface area contributed by atoms with E-state index in [4.69, 9.17) is 4.74 Å². The smallest absolute Gasteiger partial charge is 0.239 e. The summed E-state index contributed by atoms with van der Waals surface area (Å²) >= 11 is 0. The lowest BCUT2D eigenvalue weighted by atomic mass is 10.3. The molecule has 0 unspecified atom stereocenters. The van der Waals surface area contributed by atoms with Crippen LogP contribution < -0.4 is 10.1 Å². The lowest BCUT2D eigenvalue weighted by Gasteiger charge is -2.16. The molecule has 6 heteroatoms. The molecular weight excluding hydrogens is 280 g/mol. The number of aromatic nitrogens is 2. The summed E-state index contributed by atoms with van der Waals surface area (Å²) in [5.74, 6) is 1.48. The van der Waals surface area contributed by atoms with Crippen molar-refractivity contribution in [3.8, 4) is 5.75 Å². The Bertz CT molecular complexity index is 610. The van der Waals surface area contributed by atoms with Gasteiger partial charge in [0.2, 0.25) is 5.91 Å². The zero-order valence-electron chi connectivity index (χ0n) is 13.2. The highest BCUT2D eigenvalue weighted by atomic mass is 16.5. The number of likely N-dealkylation sites (N-methyl/N-ethyl adjacent to an activating group) is 1. The van der Waals surface area contributed by atoms with Gasteiger partial charge in [-0.3, -0.25) is 14.4 Å². The van der Waals surface area contributed by atoms with Gasteiger partial charge in [-0.2, -0.15) is 5.10 Å². The first-order chi connectivity index (χ1) is 10.5. The number of anilines is 1. The third kappa shape index (κ3) is 4.89. The van der Waals surface area contributed by atoms with Crippen molar-refractivity contribution in [2.75, 3.05) is 32.1 Å². The van der Waals surface area contributed by atoms with Crippen molar-refractivity contribution >= 4 is 11.7 Å². The second-order valence-electron chi connectivity index (χ2n) is 5.24. The number of carbonyl (C=O) groups is 1. The van der Waals surface area contributed by atoms with Crippen LogP contribution in [0, 0.1) is 6.92 Å². The molecule has 6 nitrogen and oxygen atoms in total. The maximum atomic E-state index is 12.0. The zero-order chi connectivity index (χ0) is 15.9. The maximum Gasteiger partial charge on any atom is 0.239 e. The largest absolute Gasteiger partial charge is 0.492 e. The van der Waals surface area contributed by atoms with Crippen molar-refractivity contribution in [3.63, 3.8) is 0 Å². The van der Waals surface area contributed by atoms with Gasteiger partial charge in [0.05, 0.1) is 12.2 Å². The lowest BCUT2D eigenvalue weighted by molar-refractivity contribution is -0.117. The van der Waals surface area contributed by atoms with Crippen LogP contribution >= 0.6 is 0 Å². The topological polar surface area (TPSA) is 59.4 Å². The third-order valence-corrected chi connectivity index (χ3v) is 3.17. The van der Waals surface area contributed by atoms with Crippen LogP contribution in [0.5, 0.6) is 5.75 Å². The Hall–Kier alpha value is -2.34. The Labute approximate surface area is 130 Å². The molecule has 0 fully saturated rings. The fraction of sp³-hybridized carbons (Fsp3) is 0.375. The van der Waals surface area contributed by atoms with E-state index in [1.165, 1.54) is 0 Å². The number of nitrogens with zero attached hydrogens (tertiary/aromatic N) is 3. The summed E-state index contributed by atoms with van der Waals surface area (Å²) < 4.78 is 7.27. The quantitative estimate of drug-likeness (QED) is 0.845. The molecule has 1 N–H and O–H groups in total. The Morgan fingerprint density at radius 1 is 1.36 bits per heavy atom. The highest BCUT2D eigenvalue weighted by molar-refractivity contribution is 5.91. The molecule has 0 aliphatic heterocycles. The molecule has 0 spiro atoms. The molecule has 0 aliphatic carbocycles. The van der Waals surface area contributed by atoms with Crippen molar-refractivity contribution in [2.24, 2.45) is 7.05 Å². The first-order valence-electron chi connectivity index (χ1n) is 7.21. The van der Waals surface area contributed by atoms with E-state index in [0.717, 1.165) is 11.4 Å². The van der Waals surface area contributed by atoms with E-state index in [-0.39, 0.29) is 5.91 Å². The number of amides is 1. The van der Waals surface area contributed by atoms with E-state index in [0.29, 0.717) is 25.5 Å². The molecule has 0 bridgehead atoms.